The summed E-state index contributed by atoms with van der Waals surface area (Å²) in [5.41, 5.74) is -0.127. The summed E-state index contributed by atoms with van der Waals surface area (Å²) in [4.78, 5) is 52.0. The third-order valence-electron chi connectivity index (χ3n) is 6.17. The molecular weight excluding hydrogens is 481 g/mol. The summed E-state index contributed by atoms with van der Waals surface area (Å²) in [6, 6.07) is -1.81. The van der Waals surface area contributed by atoms with Crippen LogP contribution in [-0.4, -0.2) is 95.6 Å². The molecule has 10 nitrogen and oxygen atoms in total. The Morgan fingerprint density at radius 2 is 2.00 bits per heavy atom. The summed E-state index contributed by atoms with van der Waals surface area (Å²) in [6.07, 6.45) is -5.49. The Hall–Kier alpha value is -2.48. The predicted molar refractivity (Wildman–Crippen MR) is 114 cm³/mol. The smallest absolute Gasteiger partial charge is 0.422 e. The zero-order chi connectivity index (χ0) is 25.5. The number of likely N-dealkylation sites (N-methyl/N-ethyl adjacent to an activating group) is 1. The van der Waals surface area contributed by atoms with Gasteiger partial charge in [-0.05, 0) is 13.3 Å². The number of alkyl halides is 3. The maximum absolute atomic E-state index is 12.8. The first-order valence-electron chi connectivity index (χ1n) is 10.6. The van der Waals surface area contributed by atoms with Crippen molar-refractivity contribution in [3.05, 3.63) is 10.6 Å². The lowest BCUT2D eigenvalue weighted by atomic mass is 9.78. The van der Waals surface area contributed by atoms with E-state index in [1.807, 2.05) is 0 Å². The van der Waals surface area contributed by atoms with E-state index in [0.29, 0.717) is 17.9 Å². The minimum Gasteiger partial charge on any atom is -0.477 e. The van der Waals surface area contributed by atoms with Crippen LogP contribution in [0.4, 0.5) is 18.0 Å². The molecular formula is C20H27F3N4O6S. The molecule has 2 saturated heterocycles. The molecule has 34 heavy (non-hydrogen) atoms. The quantitative estimate of drug-likeness (QED) is 0.435. The number of hydrogen-bond donors (Lipinski definition) is 3. The topological polar surface area (TPSA) is 128 Å². The maximum Gasteiger partial charge on any atom is 0.422 e. The first-order valence-corrected chi connectivity index (χ1v) is 11.5. The molecule has 6 atom stereocenters. The number of carboxylic acid groups (broad SMARTS) is 1. The Morgan fingerprint density at radius 1 is 1.35 bits per heavy atom. The minimum atomic E-state index is -4.68. The number of nitrogens with zero attached hydrogens (tertiary/aromatic N) is 2. The van der Waals surface area contributed by atoms with E-state index < -0.39 is 48.8 Å². The molecule has 190 valence electrons. The fourth-order valence-electron chi connectivity index (χ4n) is 4.63. The Labute approximate surface area is 198 Å². The fraction of sp³-hybridized carbons (Fsp3) is 0.700. The van der Waals surface area contributed by atoms with E-state index in [1.54, 1.807) is 21.0 Å². The normalized spacial score (nSPS) is 29.4. The second kappa shape index (κ2) is 9.64. The van der Waals surface area contributed by atoms with E-state index in [1.165, 1.54) is 28.5 Å². The molecule has 0 saturated carbocycles. The van der Waals surface area contributed by atoms with Gasteiger partial charge in [-0.2, -0.15) is 13.2 Å². The number of fused-ring (bicyclic) bond motifs is 1. The van der Waals surface area contributed by atoms with Crippen molar-refractivity contribution >= 4 is 35.6 Å². The van der Waals surface area contributed by atoms with Crippen LogP contribution in [0.5, 0.6) is 0 Å². The fourth-order valence-corrected chi connectivity index (χ4v) is 6.11. The van der Waals surface area contributed by atoms with Crippen molar-refractivity contribution in [2.24, 2.45) is 11.8 Å². The summed E-state index contributed by atoms with van der Waals surface area (Å²) >= 11 is 1.31. The molecule has 2 fully saturated rings. The SMILES string of the molecule is CC(NC(=O)OCC(F)(F)F)[C@H]1C(=O)N2C(C(=O)O)=C(S[C@@H]3CN[C@H](C(=O)N(C)C)C3)[C@H](C)[C@H]12. The van der Waals surface area contributed by atoms with Crippen molar-refractivity contribution in [2.75, 3.05) is 27.2 Å². The van der Waals surface area contributed by atoms with Gasteiger partial charge in [0.2, 0.25) is 11.8 Å². The van der Waals surface area contributed by atoms with Gasteiger partial charge in [-0.3, -0.25) is 9.59 Å². The van der Waals surface area contributed by atoms with Crippen molar-refractivity contribution in [3.63, 3.8) is 0 Å². The van der Waals surface area contributed by atoms with Crippen LogP contribution in [0.3, 0.4) is 0 Å². The number of aliphatic carboxylic acids is 1. The Balaban J connectivity index is 1.69. The highest BCUT2D eigenvalue weighted by atomic mass is 32.2. The number of thioether (sulfide) groups is 1. The van der Waals surface area contributed by atoms with Crippen molar-refractivity contribution in [2.45, 2.75) is 49.8 Å². The highest BCUT2D eigenvalue weighted by Crippen LogP contribution is 2.51. The second-order valence-electron chi connectivity index (χ2n) is 8.82. The molecule has 3 rings (SSSR count). The summed E-state index contributed by atoms with van der Waals surface area (Å²) in [5.74, 6) is -3.06. The van der Waals surface area contributed by atoms with Gasteiger partial charge in [-0.15, -0.1) is 11.8 Å². The number of halogens is 3. The zero-order valence-electron chi connectivity index (χ0n) is 19.0. The van der Waals surface area contributed by atoms with Gasteiger partial charge in [0.25, 0.3) is 0 Å². The molecule has 3 N–H and O–H groups in total. The molecule has 3 amide bonds. The lowest BCUT2D eigenvalue weighted by Crippen LogP contribution is -2.66. The van der Waals surface area contributed by atoms with Crippen molar-refractivity contribution in [3.8, 4) is 0 Å². The number of β-lactam (4-membered cyclic amide) rings is 1. The lowest BCUT2D eigenvalue weighted by molar-refractivity contribution is -0.162. The standard InChI is InChI=1S/C20H27F3N4O6S/c1-8-13-12(9(2)25-19(32)33-7-20(21,22)23)17(29)27(13)14(18(30)31)15(8)34-10-5-11(24-6-10)16(28)26(3)4/h8-13,24H,5-7H2,1-4H3,(H,25,32)(H,30,31)/t8-,9?,10+,11+,12-,13-/m1/s1. The third kappa shape index (κ3) is 5.11. The van der Waals surface area contributed by atoms with Gasteiger partial charge < -0.3 is 30.3 Å². The monoisotopic (exact) mass is 508 g/mol. The molecule has 3 heterocycles. The van der Waals surface area contributed by atoms with Gasteiger partial charge in [0.1, 0.15) is 5.70 Å². The number of rotatable bonds is 7. The van der Waals surface area contributed by atoms with E-state index in [-0.39, 0.29) is 28.8 Å². The average molecular weight is 509 g/mol. The van der Waals surface area contributed by atoms with Crippen molar-refractivity contribution in [1.29, 1.82) is 0 Å². The van der Waals surface area contributed by atoms with Crippen LogP contribution in [0.15, 0.2) is 10.6 Å². The van der Waals surface area contributed by atoms with Gasteiger partial charge >= 0.3 is 18.2 Å². The molecule has 0 aromatic carbocycles. The number of nitrogens with one attached hydrogen (secondary N) is 2. The van der Waals surface area contributed by atoms with Crippen LogP contribution in [0.2, 0.25) is 0 Å². The summed E-state index contributed by atoms with van der Waals surface area (Å²) < 4.78 is 40.9. The van der Waals surface area contributed by atoms with Crippen LogP contribution in [0.25, 0.3) is 0 Å². The number of alkyl carbamates (subject to hydrolysis) is 1. The molecule has 3 aliphatic rings. The Morgan fingerprint density at radius 3 is 2.56 bits per heavy atom. The molecule has 0 aromatic heterocycles. The largest absolute Gasteiger partial charge is 0.477 e. The number of carboxylic acids is 1. The number of hydrogen-bond acceptors (Lipinski definition) is 7. The summed E-state index contributed by atoms with van der Waals surface area (Å²) in [7, 11) is 3.30. The van der Waals surface area contributed by atoms with Crippen molar-refractivity contribution < 1.29 is 42.2 Å². The molecule has 0 bridgehead atoms. The number of carbonyl (C=O) groups excluding carboxylic acids is 3. The lowest BCUT2D eigenvalue weighted by Gasteiger charge is -2.47. The van der Waals surface area contributed by atoms with Crippen LogP contribution in [0, 0.1) is 11.8 Å². The highest BCUT2D eigenvalue weighted by molar-refractivity contribution is 8.03. The van der Waals surface area contributed by atoms with Gasteiger partial charge in [0.15, 0.2) is 6.61 Å². The summed E-state index contributed by atoms with van der Waals surface area (Å²) in [6.45, 7) is 1.97. The second-order valence-corrected chi connectivity index (χ2v) is 10.2. The predicted octanol–water partition coefficient (Wildman–Crippen LogP) is 0.988. The number of carbonyl (C=O) groups is 4. The van der Waals surface area contributed by atoms with Gasteiger partial charge in [0.05, 0.1) is 18.0 Å². The average Bonchev–Trinajstić information content (AvgIpc) is 3.27. The van der Waals surface area contributed by atoms with E-state index in [2.05, 4.69) is 15.4 Å². The Bertz CT molecular complexity index is 911. The number of ether oxygens (including phenoxy) is 1. The molecule has 14 heteroatoms. The molecule has 1 unspecified atom stereocenters. The maximum atomic E-state index is 12.8. The first kappa shape index (κ1) is 26.1. The molecule has 0 aromatic rings. The molecule has 0 aliphatic carbocycles. The van der Waals surface area contributed by atoms with Crippen LogP contribution in [-0.2, 0) is 19.1 Å². The zero-order valence-corrected chi connectivity index (χ0v) is 19.8. The summed E-state index contributed by atoms with van der Waals surface area (Å²) in [5, 5.41) is 15.1. The van der Waals surface area contributed by atoms with Crippen LogP contribution < -0.4 is 10.6 Å². The van der Waals surface area contributed by atoms with Crippen molar-refractivity contribution in [1.82, 2.24) is 20.4 Å². The van der Waals surface area contributed by atoms with Gasteiger partial charge in [-0.1, -0.05) is 6.92 Å². The minimum absolute atomic E-state index is 0.0774. The molecule has 0 spiro atoms. The number of amides is 3. The van der Waals surface area contributed by atoms with Crippen LogP contribution >= 0.6 is 11.8 Å². The van der Waals surface area contributed by atoms with E-state index in [9.17, 15) is 37.5 Å². The van der Waals surface area contributed by atoms with E-state index in [4.69, 9.17) is 0 Å². The van der Waals surface area contributed by atoms with E-state index in [0.717, 1.165) is 0 Å². The van der Waals surface area contributed by atoms with Gasteiger partial charge in [0, 0.05) is 42.8 Å². The van der Waals surface area contributed by atoms with E-state index >= 15 is 0 Å². The van der Waals surface area contributed by atoms with Gasteiger partial charge in [-0.25, -0.2) is 9.59 Å². The molecule has 3 aliphatic heterocycles. The Kier molecular flexibility index (Phi) is 7.41. The first-order chi connectivity index (χ1) is 15.7. The van der Waals surface area contributed by atoms with Crippen LogP contribution in [0.1, 0.15) is 20.3 Å². The highest BCUT2D eigenvalue weighted by Gasteiger charge is 2.60. The molecule has 0 radical (unpaired) electrons. The third-order valence-corrected chi connectivity index (χ3v) is 7.68.